The zero-order chi connectivity index (χ0) is 12.1. The van der Waals surface area contributed by atoms with Crippen molar-refractivity contribution in [3.8, 4) is 5.75 Å². The van der Waals surface area contributed by atoms with Gasteiger partial charge in [-0.15, -0.1) is 0 Å². The van der Waals surface area contributed by atoms with E-state index in [2.05, 4.69) is 0 Å². The summed E-state index contributed by atoms with van der Waals surface area (Å²) < 4.78 is 5.21. The van der Waals surface area contributed by atoms with Crippen LogP contribution in [0.5, 0.6) is 5.75 Å². The van der Waals surface area contributed by atoms with Gasteiger partial charge in [0.15, 0.2) is 5.75 Å². The van der Waals surface area contributed by atoms with Gasteiger partial charge in [-0.05, 0) is 13.0 Å². The van der Waals surface area contributed by atoms with Crippen molar-refractivity contribution in [1.82, 2.24) is 0 Å². The van der Waals surface area contributed by atoms with E-state index in [0.29, 0.717) is 12.2 Å². The fourth-order valence-electron chi connectivity index (χ4n) is 1.50. The summed E-state index contributed by atoms with van der Waals surface area (Å²) in [6.07, 6.45) is 0. The Kier molecular flexibility index (Phi) is 4.25. The number of ether oxygens (including phenoxy) is 1. The quantitative estimate of drug-likeness (QED) is 0.615. The molecular weight excluding hydrogens is 210 g/mol. The van der Waals surface area contributed by atoms with Gasteiger partial charge in [0.2, 0.25) is 0 Å². The maximum atomic E-state index is 11.0. The molecule has 1 rings (SSSR count). The highest BCUT2D eigenvalue weighted by Crippen LogP contribution is 2.34. The summed E-state index contributed by atoms with van der Waals surface area (Å²) >= 11 is 0. The first-order chi connectivity index (χ1) is 7.61. The largest absolute Gasteiger partial charge is 0.487 e. The Labute approximate surface area is 93.8 Å². The molecule has 0 bridgehead atoms. The number of nitro groups is 1. The summed E-state index contributed by atoms with van der Waals surface area (Å²) in [7, 11) is 0. The molecule has 88 valence electrons. The first kappa shape index (κ1) is 12.4. The fourth-order valence-corrected chi connectivity index (χ4v) is 1.50. The molecule has 5 nitrogen and oxygen atoms in total. The second kappa shape index (κ2) is 5.46. The zero-order valence-corrected chi connectivity index (χ0v) is 9.34. The minimum absolute atomic E-state index is 0.0501. The molecule has 0 aromatic heterocycles. The van der Waals surface area contributed by atoms with E-state index >= 15 is 0 Å². The highest BCUT2D eigenvalue weighted by molar-refractivity contribution is 5.54. The van der Waals surface area contributed by atoms with Gasteiger partial charge in [0.05, 0.1) is 11.5 Å². The van der Waals surface area contributed by atoms with Crippen LogP contribution in [-0.2, 0) is 0 Å². The molecule has 5 heteroatoms. The van der Waals surface area contributed by atoms with Gasteiger partial charge in [0.25, 0.3) is 0 Å². The van der Waals surface area contributed by atoms with E-state index in [-0.39, 0.29) is 24.0 Å². The topological polar surface area (TPSA) is 72.6 Å². The van der Waals surface area contributed by atoms with Gasteiger partial charge in [-0.1, -0.05) is 19.1 Å². The number of hydrogen-bond acceptors (Lipinski definition) is 4. The Morgan fingerprint density at radius 2 is 2.25 bits per heavy atom. The molecule has 0 saturated carbocycles. The van der Waals surface area contributed by atoms with Gasteiger partial charge in [0, 0.05) is 18.1 Å². The van der Waals surface area contributed by atoms with Crippen molar-refractivity contribution < 1.29 is 14.8 Å². The van der Waals surface area contributed by atoms with Crippen LogP contribution in [0.1, 0.15) is 25.3 Å². The first-order valence-corrected chi connectivity index (χ1v) is 5.12. The molecule has 0 amide bonds. The maximum absolute atomic E-state index is 11.0. The van der Waals surface area contributed by atoms with Crippen molar-refractivity contribution in [3.63, 3.8) is 0 Å². The second-order valence-electron chi connectivity index (χ2n) is 3.47. The van der Waals surface area contributed by atoms with Gasteiger partial charge >= 0.3 is 5.69 Å². The number of para-hydroxylation sites is 1. The first-order valence-electron chi connectivity index (χ1n) is 5.12. The highest BCUT2D eigenvalue weighted by atomic mass is 16.6. The van der Waals surface area contributed by atoms with Crippen LogP contribution in [0.3, 0.4) is 0 Å². The number of aliphatic hydroxyl groups excluding tert-OH is 1. The van der Waals surface area contributed by atoms with Crippen LogP contribution < -0.4 is 4.74 Å². The van der Waals surface area contributed by atoms with Gasteiger partial charge in [-0.25, -0.2) is 0 Å². The average Bonchev–Trinajstić information content (AvgIpc) is 2.27. The average molecular weight is 225 g/mol. The van der Waals surface area contributed by atoms with Crippen LogP contribution in [-0.4, -0.2) is 23.2 Å². The summed E-state index contributed by atoms with van der Waals surface area (Å²) in [5.74, 6) is -0.0221. The second-order valence-corrected chi connectivity index (χ2v) is 3.47. The Morgan fingerprint density at radius 1 is 1.56 bits per heavy atom. The van der Waals surface area contributed by atoms with Crippen molar-refractivity contribution in [2.45, 2.75) is 19.8 Å². The van der Waals surface area contributed by atoms with Gasteiger partial charge < -0.3 is 9.84 Å². The SMILES string of the molecule is CCOc1cccc(C(C)CO)c1[N+](=O)[O-]. The highest BCUT2D eigenvalue weighted by Gasteiger charge is 2.23. The molecule has 0 radical (unpaired) electrons. The molecule has 1 N–H and O–H groups in total. The number of aliphatic hydroxyl groups is 1. The molecular formula is C11H15NO4. The van der Waals surface area contributed by atoms with Crippen LogP contribution in [0, 0.1) is 10.1 Å². The molecule has 0 spiro atoms. The predicted molar refractivity (Wildman–Crippen MR) is 59.8 cm³/mol. The Hall–Kier alpha value is -1.62. The summed E-state index contributed by atoms with van der Waals surface area (Å²) in [4.78, 5) is 10.5. The molecule has 1 aromatic rings. The molecule has 0 aliphatic heterocycles. The molecule has 1 unspecified atom stereocenters. The third-order valence-electron chi connectivity index (χ3n) is 2.32. The van der Waals surface area contributed by atoms with Crippen LogP contribution >= 0.6 is 0 Å². The zero-order valence-electron chi connectivity index (χ0n) is 9.34. The van der Waals surface area contributed by atoms with Crippen molar-refractivity contribution in [2.75, 3.05) is 13.2 Å². The molecule has 0 fully saturated rings. The third kappa shape index (κ3) is 2.49. The van der Waals surface area contributed by atoms with Crippen molar-refractivity contribution in [1.29, 1.82) is 0 Å². The normalized spacial score (nSPS) is 12.2. The third-order valence-corrected chi connectivity index (χ3v) is 2.32. The Morgan fingerprint density at radius 3 is 2.75 bits per heavy atom. The number of rotatable bonds is 5. The lowest BCUT2D eigenvalue weighted by molar-refractivity contribution is -0.386. The number of hydrogen-bond donors (Lipinski definition) is 1. The summed E-state index contributed by atoms with van der Waals surface area (Å²) in [6, 6.07) is 4.90. The van der Waals surface area contributed by atoms with E-state index in [9.17, 15) is 10.1 Å². The number of nitro benzene ring substituents is 1. The van der Waals surface area contributed by atoms with E-state index < -0.39 is 4.92 Å². The maximum Gasteiger partial charge on any atom is 0.314 e. The standard InChI is InChI=1S/C11H15NO4/c1-3-16-10-6-4-5-9(8(2)7-13)11(10)12(14)15/h4-6,8,13H,3,7H2,1-2H3. The lowest BCUT2D eigenvalue weighted by Gasteiger charge is -2.11. The summed E-state index contributed by atoms with van der Waals surface area (Å²) in [5, 5.41) is 20.0. The summed E-state index contributed by atoms with van der Waals surface area (Å²) in [5.41, 5.74) is 0.448. The Bertz CT molecular complexity index is 378. The van der Waals surface area contributed by atoms with E-state index in [4.69, 9.17) is 9.84 Å². The van der Waals surface area contributed by atoms with Crippen molar-refractivity contribution in [2.24, 2.45) is 0 Å². The molecule has 0 saturated heterocycles. The lowest BCUT2D eigenvalue weighted by Crippen LogP contribution is -2.06. The smallest absolute Gasteiger partial charge is 0.314 e. The van der Waals surface area contributed by atoms with E-state index in [1.807, 2.05) is 0 Å². The van der Waals surface area contributed by atoms with E-state index in [0.717, 1.165) is 0 Å². The number of nitrogens with zero attached hydrogens (tertiary/aromatic N) is 1. The van der Waals surface area contributed by atoms with Crippen LogP contribution in [0.4, 0.5) is 5.69 Å². The minimum Gasteiger partial charge on any atom is -0.487 e. The van der Waals surface area contributed by atoms with Crippen LogP contribution in [0.25, 0.3) is 0 Å². The Balaban J connectivity index is 3.26. The molecule has 0 aliphatic rings. The molecule has 16 heavy (non-hydrogen) atoms. The fraction of sp³-hybridized carbons (Fsp3) is 0.455. The minimum atomic E-state index is -0.466. The van der Waals surface area contributed by atoms with Crippen LogP contribution in [0.2, 0.25) is 0 Å². The van der Waals surface area contributed by atoms with E-state index in [1.165, 1.54) is 0 Å². The van der Waals surface area contributed by atoms with E-state index in [1.54, 1.807) is 32.0 Å². The molecule has 1 aromatic carbocycles. The van der Waals surface area contributed by atoms with Gasteiger partial charge in [-0.3, -0.25) is 10.1 Å². The molecule has 1 atom stereocenters. The van der Waals surface area contributed by atoms with Gasteiger partial charge in [-0.2, -0.15) is 0 Å². The number of benzene rings is 1. The van der Waals surface area contributed by atoms with Crippen molar-refractivity contribution >= 4 is 5.69 Å². The lowest BCUT2D eigenvalue weighted by atomic mass is 10.00. The van der Waals surface area contributed by atoms with Gasteiger partial charge in [0.1, 0.15) is 0 Å². The van der Waals surface area contributed by atoms with Crippen LogP contribution in [0.15, 0.2) is 18.2 Å². The monoisotopic (exact) mass is 225 g/mol. The predicted octanol–water partition coefficient (Wildman–Crippen LogP) is 2.09. The van der Waals surface area contributed by atoms with Crippen molar-refractivity contribution in [3.05, 3.63) is 33.9 Å². The molecule has 0 heterocycles. The summed E-state index contributed by atoms with van der Waals surface area (Å²) in [6.45, 7) is 3.75. The molecule has 0 aliphatic carbocycles.